The van der Waals surface area contributed by atoms with Crippen LogP contribution in [-0.2, 0) is 11.2 Å². The number of hydrogen-bond donors (Lipinski definition) is 0. The van der Waals surface area contributed by atoms with Gasteiger partial charge in [-0.25, -0.2) is 4.98 Å². The molecule has 0 saturated carbocycles. The van der Waals surface area contributed by atoms with Crippen LogP contribution in [-0.4, -0.2) is 9.55 Å². The summed E-state index contributed by atoms with van der Waals surface area (Å²) >= 11 is 0.365. The van der Waals surface area contributed by atoms with Crippen LogP contribution in [0.25, 0.3) is 17.1 Å². The fourth-order valence-corrected chi connectivity index (χ4v) is 4.55. The molecule has 0 N–H and O–H groups in total. The van der Waals surface area contributed by atoms with Gasteiger partial charge in [0.05, 0.1) is 22.6 Å². The molecule has 4 aromatic rings. The summed E-state index contributed by atoms with van der Waals surface area (Å²) < 4.78 is 15.2. The lowest BCUT2D eigenvalue weighted by atomic mass is 9.95. The van der Waals surface area contributed by atoms with Crippen molar-refractivity contribution in [2.45, 2.75) is 38.9 Å². The summed E-state index contributed by atoms with van der Waals surface area (Å²) in [4.78, 5) is 4.67. The minimum Gasteiger partial charge on any atom is -0.299 e. The summed E-state index contributed by atoms with van der Waals surface area (Å²) in [7, 11) is 0. The molecule has 0 spiro atoms. The molecule has 3 aromatic carbocycles. The molecule has 1 aromatic heterocycles. The molecular formula is C27H27FN2S. The maximum atomic E-state index is 13.7. The number of nitrogens with zero attached hydrogens (tertiary/aromatic N) is 2. The molecule has 31 heavy (non-hydrogen) atoms. The highest BCUT2D eigenvalue weighted by Crippen LogP contribution is 2.41. The van der Waals surface area contributed by atoms with Gasteiger partial charge in [0.25, 0.3) is 0 Å². The Hall–Kier alpha value is -2.85. The van der Waals surface area contributed by atoms with Gasteiger partial charge < -0.3 is 0 Å². The van der Waals surface area contributed by atoms with Gasteiger partial charge in [-0.2, -0.15) is 3.89 Å². The van der Waals surface area contributed by atoms with E-state index in [-0.39, 0.29) is 0 Å². The van der Waals surface area contributed by atoms with Crippen molar-refractivity contribution in [3.05, 3.63) is 107 Å². The molecule has 4 rings (SSSR count). The van der Waals surface area contributed by atoms with Crippen LogP contribution in [0.5, 0.6) is 0 Å². The Balaban J connectivity index is 1.78. The molecule has 0 bridgehead atoms. The van der Waals surface area contributed by atoms with Crippen LogP contribution < -0.4 is 0 Å². The molecule has 4 heteroatoms. The standard InChI is InChI=1S/C27H27FN2S/c1-19-16-22(18-21-10-6-5-7-11-21)17-20(2)25(19)30-15-14-29-26(30)23-12-8-9-13-24(23)27(3,4)31-28/h5-17H,18H2,1-4H3. The third-order valence-electron chi connectivity index (χ3n) is 5.69. The maximum absolute atomic E-state index is 13.7. The molecule has 0 aliphatic carbocycles. The van der Waals surface area contributed by atoms with Gasteiger partial charge >= 0.3 is 0 Å². The van der Waals surface area contributed by atoms with E-state index in [1.54, 1.807) is 0 Å². The molecule has 0 fully saturated rings. The van der Waals surface area contributed by atoms with E-state index < -0.39 is 4.75 Å². The van der Waals surface area contributed by atoms with E-state index in [0.29, 0.717) is 12.1 Å². The van der Waals surface area contributed by atoms with Gasteiger partial charge in [0, 0.05) is 18.0 Å². The Bertz CT molecular complexity index is 1170. The van der Waals surface area contributed by atoms with Crippen molar-refractivity contribution in [1.82, 2.24) is 9.55 Å². The van der Waals surface area contributed by atoms with Crippen LogP contribution in [0.15, 0.2) is 79.1 Å². The summed E-state index contributed by atoms with van der Waals surface area (Å²) in [6.07, 6.45) is 4.72. The van der Waals surface area contributed by atoms with Crippen molar-refractivity contribution < 1.29 is 3.89 Å². The summed E-state index contributed by atoms with van der Waals surface area (Å²) in [6, 6.07) is 23.0. The minimum absolute atomic E-state index is 0.365. The van der Waals surface area contributed by atoms with Gasteiger partial charge in [-0.1, -0.05) is 66.7 Å². The van der Waals surface area contributed by atoms with Crippen molar-refractivity contribution in [1.29, 1.82) is 0 Å². The topological polar surface area (TPSA) is 17.8 Å². The monoisotopic (exact) mass is 430 g/mol. The third-order valence-corrected chi connectivity index (χ3v) is 6.30. The lowest BCUT2D eigenvalue weighted by molar-refractivity contribution is 0.742. The van der Waals surface area contributed by atoms with Crippen molar-refractivity contribution in [2.24, 2.45) is 0 Å². The predicted molar refractivity (Wildman–Crippen MR) is 129 cm³/mol. The van der Waals surface area contributed by atoms with Crippen LogP contribution in [0.1, 0.15) is 41.7 Å². The smallest absolute Gasteiger partial charge is 0.144 e. The zero-order valence-corrected chi connectivity index (χ0v) is 19.2. The first-order chi connectivity index (χ1) is 14.9. The highest BCUT2D eigenvalue weighted by molar-refractivity contribution is 7.95. The first kappa shape index (κ1) is 21.4. The van der Waals surface area contributed by atoms with E-state index in [1.165, 1.54) is 22.3 Å². The first-order valence-corrected chi connectivity index (χ1v) is 11.2. The zero-order chi connectivity index (χ0) is 22.0. The van der Waals surface area contributed by atoms with Crippen molar-refractivity contribution in [2.75, 3.05) is 0 Å². The average molecular weight is 431 g/mol. The number of hydrogen-bond acceptors (Lipinski definition) is 2. The molecule has 158 valence electrons. The Morgan fingerprint density at radius 3 is 2.23 bits per heavy atom. The molecule has 0 aliphatic rings. The maximum Gasteiger partial charge on any atom is 0.144 e. The van der Waals surface area contributed by atoms with Crippen LogP contribution in [0.4, 0.5) is 3.89 Å². The first-order valence-electron chi connectivity index (χ1n) is 10.5. The molecule has 0 aliphatic heterocycles. The van der Waals surface area contributed by atoms with Gasteiger partial charge in [0.2, 0.25) is 0 Å². The van der Waals surface area contributed by atoms with E-state index in [1.807, 2.05) is 56.6 Å². The lowest BCUT2D eigenvalue weighted by Crippen LogP contribution is -2.13. The third kappa shape index (κ3) is 4.31. The average Bonchev–Trinajstić information content (AvgIpc) is 3.23. The molecule has 0 unspecified atom stereocenters. The summed E-state index contributed by atoms with van der Waals surface area (Å²) in [6.45, 7) is 8.10. The highest BCUT2D eigenvalue weighted by Gasteiger charge is 2.27. The van der Waals surface area contributed by atoms with Crippen molar-refractivity contribution in [3.63, 3.8) is 0 Å². The number of aromatic nitrogens is 2. The molecule has 0 radical (unpaired) electrons. The van der Waals surface area contributed by atoms with Gasteiger partial charge in [-0.05, 0) is 61.9 Å². The Morgan fingerprint density at radius 1 is 0.903 bits per heavy atom. The molecule has 0 amide bonds. The minimum atomic E-state index is -0.656. The van der Waals surface area contributed by atoms with Crippen molar-refractivity contribution >= 4 is 12.1 Å². The van der Waals surface area contributed by atoms with Crippen LogP contribution >= 0.6 is 12.1 Å². The van der Waals surface area contributed by atoms with Gasteiger partial charge in [0.15, 0.2) is 0 Å². The number of halogens is 1. The van der Waals surface area contributed by atoms with E-state index >= 15 is 0 Å². The van der Waals surface area contributed by atoms with E-state index in [4.69, 9.17) is 0 Å². The second kappa shape index (κ2) is 8.72. The largest absolute Gasteiger partial charge is 0.299 e. The summed E-state index contributed by atoms with van der Waals surface area (Å²) in [5, 5.41) is 0. The van der Waals surface area contributed by atoms with Gasteiger partial charge in [-0.15, -0.1) is 0 Å². The van der Waals surface area contributed by atoms with Crippen molar-refractivity contribution in [3.8, 4) is 17.1 Å². The molecule has 0 atom stereocenters. The Labute approximate surface area is 188 Å². The molecule has 2 nitrogen and oxygen atoms in total. The van der Waals surface area contributed by atoms with E-state index in [0.717, 1.165) is 29.1 Å². The van der Waals surface area contributed by atoms with E-state index in [2.05, 4.69) is 59.8 Å². The zero-order valence-electron chi connectivity index (χ0n) is 18.4. The Kier molecular flexibility index (Phi) is 6.01. The summed E-state index contributed by atoms with van der Waals surface area (Å²) in [5.41, 5.74) is 8.01. The second-order valence-electron chi connectivity index (χ2n) is 8.49. The highest BCUT2D eigenvalue weighted by atomic mass is 32.2. The van der Waals surface area contributed by atoms with Crippen LogP contribution in [0.3, 0.4) is 0 Å². The van der Waals surface area contributed by atoms with Gasteiger partial charge in [0.1, 0.15) is 5.82 Å². The molecule has 1 heterocycles. The number of rotatable bonds is 6. The number of imidazole rings is 1. The number of aryl methyl sites for hydroxylation is 2. The predicted octanol–water partition coefficient (Wildman–Crippen LogP) is 7.60. The number of benzene rings is 3. The molecule has 0 saturated heterocycles. The fraction of sp³-hybridized carbons (Fsp3) is 0.222. The second-order valence-corrected chi connectivity index (χ2v) is 9.67. The normalized spacial score (nSPS) is 11.6. The Morgan fingerprint density at radius 2 is 1.55 bits per heavy atom. The quantitative estimate of drug-likeness (QED) is 0.313. The fourth-order valence-electron chi connectivity index (χ4n) is 4.29. The van der Waals surface area contributed by atoms with Gasteiger partial charge in [-0.3, -0.25) is 4.57 Å². The molecular weight excluding hydrogens is 403 g/mol. The van der Waals surface area contributed by atoms with Crippen LogP contribution in [0, 0.1) is 13.8 Å². The van der Waals surface area contributed by atoms with E-state index in [9.17, 15) is 3.89 Å². The van der Waals surface area contributed by atoms with Crippen LogP contribution in [0.2, 0.25) is 0 Å². The summed E-state index contributed by atoms with van der Waals surface area (Å²) in [5.74, 6) is 0.833. The SMILES string of the molecule is Cc1cc(Cc2ccccc2)cc(C)c1-n1ccnc1-c1ccccc1C(C)(C)SF. The lowest BCUT2D eigenvalue weighted by Gasteiger charge is -2.23.